The summed E-state index contributed by atoms with van der Waals surface area (Å²) in [6.07, 6.45) is 0. The maximum absolute atomic E-state index is 12.2. The minimum absolute atomic E-state index is 0.0677. The van der Waals surface area contributed by atoms with Crippen LogP contribution in [0, 0.1) is 6.92 Å². The zero-order valence-electron chi connectivity index (χ0n) is 11.0. The number of aryl methyl sites for hydroxylation is 1. The van der Waals surface area contributed by atoms with Crippen LogP contribution in [0.5, 0.6) is 0 Å². The Balaban J connectivity index is 2.31. The minimum Gasteiger partial charge on any atom is -0.478 e. The third-order valence-electron chi connectivity index (χ3n) is 3.04. The highest BCUT2D eigenvalue weighted by atomic mass is 32.2. The van der Waals surface area contributed by atoms with Crippen molar-refractivity contribution in [1.82, 2.24) is 4.31 Å². The highest BCUT2D eigenvalue weighted by Crippen LogP contribution is 2.23. The number of benzene rings is 1. The van der Waals surface area contributed by atoms with E-state index in [1.807, 2.05) is 0 Å². The summed E-state index contributed by atoms with van der Waals surface area (Å²) in [5.41, 5.74) is 0.593. The Morgan fingerprint density at radius 1 is 1.35 bits per heavy atom. The third kappa shape index (κ3) is 3.09. The van der Waals surface area contributed by atoms with E-state index in [0.717, 1.165) is 0 Å². The molecule has 1 fully saturated rings. The smallest absolute Gasteiger partial charge is 0.337 e. The number of anilines is 1. The maximum Gasteiger partial charge on any atom is 0.337 e. The van der Waals surface area contributed by atoms with Gasteiger partial charge in [-0.15, -0.1) is 0 Å². The van der Waals surface area contributed by atoms with Crippen LogP contribution in [-0.2, 0) is 14.9 Å². The molecule has 1 aliphatic rings. The molecule has 2 rings (SSSR count). The highest BCUT2D eigenvalue weighted by Gasteiger charge is 2.26. The summed E-state index contributed by atoms with van der Waals surface area (Å²) in [7, 11) is -3.77. The molecule has 1 heterocycles. The molecule has 0 aromatic heterocycles. The van der Waals surface area contributed by atoms with Crippen LogP contribution in [-0.4, -0.2) is 50.1 Å². The molecule has 0 aliphatic carbocycles. The number of ether oxygens (including phenoxy) is 1. The molecular formula is C12H16N2O5S. The molecule has 0 radical (unpaired) electrons. The van der Waals surface area contributed by atoms with Gasteiger partial charge < -0.3 is 9.84 Å². The first kappa shape index (κ1) is 14.8. The van der Waals surface area contributed by atoms with Gasteiger partial charge in [0.05, 0.1) is 24.5 Å². The Morgan fingerprint density at radius 2 is 2.00 bits per heavy atom. The summed E-state index contributed by atoms with van der Waals surface area (Å²) in [4.78, 5) is 11.2. The second kappa shape index (κ2) is 5.78. The molecule has 0 amide bonds. The number of carboxylic acids is 1. The second-order valence-corrected chi connectivity index (χ2v) is 6.09. The predicted octanol–water partition coefficient (Wildman–Crippen LogP) is 0.682. The number of hydrogen-bond donors (Lipinski definition) is 2. The van der Waals surface area contributed by atoms with Crippen molar-refractivity contribution < 1.29 is 23.1 Å². The van der Waals surface area contributed by atoms with Crippen molar-refractivity contribution in [2.75, 3.05) is 31.0 Å². The van der Waals surface area contributed by atoms with E-state index in [-0.39, 0.29) is 24.3 Å². The van der Waals surface area contributed by atoms with Crippen molar-refractivity contribution in [3.8, 4) is 0 Å². The van der Waals surface area contributed by atoms with E-state index in [0.29, 0.717) is 18.8 Å². The van der Waals surface area contributed by atoms with Gasteiger partial charge in [-0.1, -0.05) is 12.1 Å². The fourth-order valence-electron chi connectivity index (χ4n) is 1.96. The first-order valence-corrected chi connectivity index (χ1v) is 7.54. The molecule has 0 unspecified atom stereocenters. The average molecular weight is 300 g/mol. The SMILES string of the molecule is Cc1cccc(C(=O)O)c1NS(=O)(=O)N1CCOCC1. The van der Waals surface area contributed by atoms with E-state index < -0.39 is 16.2 Å². The number of hydrogen-bond acceptors (Lipinski definition) is 4. The van der Waals surface area contributed by atoms with Gasteiger partial charge in [-0.05, 0) is 18.6 Å². The summed E-state index contributed by atoms with van der Waals surface area (Å²) in [5, 5.41) is 9.13. The van der Waals surface area contributed by atoms with E-state index >= 15 is 0 Å². The Bertz CT molecular complexity index is 608. The standard InChI is InChI=1S/C12H16N2O5S/c1-9-3-2-4-10(12(15)16)11(9)13-20(17,18)14-5-7-19-8-6-14/h2-4,13H,5-8H2,1H3,(H,15,16). The van der Waals surface area contributed by atoms with Gasteiger partial charge in [0.15, 0.2) is 0 Å². The lowest BCUT2D eigenvalue weighted by molar-refractivity contribution is 0.0697. The van der Waals surface area contributed by atoms with Crippen LogP contribution in [0.3, 0.4) is 0 Å². The summed E-state index contributed by atoms with van der Waals surface area (Å²) >= 11 is 0. The van der Waals surface area contributed by atoms with Gasteiger partial charge in [-0.3, -0.25) is 4.72 Å². The first-order chi connectivity index (χ1) is 9.42. The van der Waals surface area contributed by atoms with Crippen LogP contribution in [0.2, 0.25) is 0 Å². The Hall–Kier alpha value is -1.64. The molecule has 0 spiro atoms. The zero-order chi connectivity index (χ0) is 14.8. The van der Waals surface area contributed by atoms with Crippen LogP contribution < -0.4 is 4.72 Å². The quantitative estimate of drug-likeness (QED) is 0.852. The molecule has 1 saturated heterocycles. The largest absolute Gasteiger partial charge is 0.478 e. The van der Waals surface area contributed by atoms with Gasteiger partial charge in [0.1, 0.15) is 0 Å². The number of aromatic carboxylic acids is 1. The summed E-state index contributed by atoms with van der Waals surface area (Å²) in [6.45, 7) is 2.83. The Labute approximate surface area is 117 Å². The number of para-hydroxylation sites is 1. The summed E-state index contributed by atoms with van der Waals surface area (Å²) in [5.74, 6) is -1.17. The van der Waals surface area contributed by atoms with Gasteiger partial charge >= 0.3 is 16.2 Å². The lowest BCUT2D eigenvalue weighted by Gasteiger charge is -2.27. The summed E-state index contributed by atoms with van der Waals surface area (Å²) in [6, 6.07) is 4.60. The van der Waals surface area contributed by atoms with Crippen LogP contribution in [0.1, 0.15) is 15.9 Å². The van der Waals surface area contributed by atoms with Crippen molar-refractivity contribution in [2.45, 2.75) is 6.92 Å². The minimum atomic E-state index is -3.77. The second-order valence-electron chi connectivity index (χ2n) is 4.42. The van der Waals surface area contributed by atoms with Crippen molar-refractivity contribution in [1.29, 1.82) is 0 Å². The highest BCUT2D eigenvalue weighted by molar-refractivity contribution is 7.90. The molecule has 8 heteroatoms. The Morgan fingerprint density at radius 3 is 2.60 bits per heavy atom. The molecule has 0 saturated carbocycles. The first-order valence-electron chi connectivity index (χ1n) is 6.10. The van der Waals surface area contributed by atoms with Crippen molar-refractivity contribution in [3.63, 3.8) is 0 Å². The van der Waals surface area contributed by atoms with Crippen LogP contribution in [0.25, 0.3) is 0 Å². The van der Waals surface area contributed by atoms with E-state index in [1.165, 1.54) is 10.4 Å². The fourth-order valence-corrected chi connectivity index (χ4v) is 3.25. The van der Waals surface area contributed by atoms with E-state index in [1.54, 1.807) is 19.1 Å². The zero-order valence-corrected chi connectivity index (χ0v) is 11.8. The molecule has 1 aliphatic heterocycles. The number of carbonyl (C=O) groups is 1. The molecule has 20 heavy (non-hydrogen) atoms. The lowest BCUT2D eigenvalue weighted by atomic mass is 10.1. The van der Waals surface area contributed by atoms with Gasteiger partial charge in [0, 0.05) is 13.1 Å². The van der Waals surface area contributed by atoms with E-state index in [2.05, 4.69) is 4.72 Å². The monoisotopic (exact) mass is 300 g/mol. The number of morpholine rings is 1. The number of carboxylic acid groups (broad SMARTS) is 1. The van der Waals surface area contributed by atoms with Crippen molar-refractivity contribution in [2.24, 2.45) is 0 Å². The Kier molecular flexibility index (Phi) is 4.26. The van der Waals surface area contributed by atoms with Crippen molar-refractivity contribution in [3.05, 3.63) is 29.3 Å². The van der Waals surface area contributed by atoms with Gasteiger partial charge in [0.2, 0.25) is 0 Å². The fraction of sp³-hybridized carbons (Fsp3) is 0.417. The van der Waals surface area contributed by atoms with Crippen LogP contribution >= 0.6 is 0 Å². The molecule has 1 aromatic carbocycles. The normalized spacial score (nSPS) is 16.9. The predicted molar refractivity (Wildman–Crippen MR) is 73.1 cm³/mol. The molecule has 2 N–H and O–H groups in total. The molecule has 0 atom stereocenters. The molecular weight excluding hydrogens is 284 g/mol. The number of nitrogens with one attached hydrogen (secondary N) is 1. The van der Waals surface area contributed by atoms with Gasteiger partial charge in [-0.25, -0.2) is 4.79 Å². The van der Waals surface area contributed by atoms with E-state index in [9.17, 15) is 13.2 Å². The third-order valence-corrected chi connectivity index (χ3v) is 4.55. The number of nitrogens with zero attached hydrogens (tertiary/aromatic N) is 1. The van der Waals surface area contributed by atoms with Crippen LogP contribution in [0.15, 0.2) is 18.2 Å². The molecule has 7 nitrogen and oxygen atoms in total. The van der Waals surface area contributed by atoms with Crippen molar-refractivity contribution >= 4 is 21.9 Å². The topological polar surface area (TPSA) is 95.9 Å². The molecule has 110 valence electrons. The van der Waals surface area contributed by atoms with E-state index in [4.69, 9.17) is 9.84 Å². The molecule has 1 aromatic rings. The van der Waals surface area contributed by atoms with Gasteiger partial charge in [-0.2, -0.15) is 12.7 Å². The maximum atomic E-state index is 12.2. The summed E-state index contributed by atoms with van der Waals surface area (Å²) < 4.78 is 33.2. The molecule has 0 bridgehead atoms. The number of rotatable bonds is 4. The lowest BCUT2D eigenvalue weighted by Crippen LogP contribution is -2.43. The van der Waals surface area contributed by atoms with Gasteiger partial charge in [0.25, 0.3) is 0 Å². The van der Waals surface area contributed by atoms with Crippen LogP contribution in [0.4, 0.5) is 5.69 Å². The average Bonchev–Trinajstić information content (AvgIpc) is 2.41.